The Morgan fingerprint density at radius 2 is 1.74 bits per heavy atom. The maximum Gasteiger partial charge on any atom is 0.325 e. The number of hydrogen-bond acceptors (Lipinski definition) is 3. The third kappa shape index (κ3) is 5.08. The molecule has 1 fully saturated rings. The van der Waals surface area contributed by atoms with Crippen LogP contribution in [0.25, 0.3) is 0 Å². The summed E-state index contributed by atoms with van der Waals surface area (Å²) in [7, 11) is 0. The molecule has 27 heavy (non-hydrogen) atoms. The summed E-state index contributed by atoms with van der Waals surface area (Å²) in [5, 5.41) is 5.60. The van der Waals surface area contributed by atoms with E-state index in [0.29, 0.717) is 6.42 Å². The van der Waals surface area contributed by atoms with Crippen LogP contribution in [0.3, 0.4) is 0 Å². The Balaban J connectivity index is 1.95. The molecule has 1 heterocycles. The molecule has 2 N–H and O–H groups in total. The number of carbonyl (C=O) groups excluding carboxylic acids is 3. The molecule has 6 nitrogen and oxygen atoms in total. The molecule has 0 bridgehead atoms. The van der Waals surface area contributed by atoms with Gasteiger partial charge in [0.15, 0.2) is 0 Å². The van der Waals surface area contributed by atoms with Crippen LogP contribution in [-0.2, 0) is 9.59 Å². The van der Waals surface area contributed by atoms with Crippen molar-refractivity contribution in [3.63, 3.8) is 0 Å². The van der Waals surface area contributed by atoms with Gasteiger partial charge in [0.1, 0.15) is 12.1 Å². The molecular weight excluding hydrogens is 342 g/mol. The highest BCUT2D eigenvalue weighted by atomic mass is 16.2. The summed E-state index contributed by atoms with van der Waals surface area (Å²) < 4.78 is 0. The monoisotopic (exact) mass is 373 g/mol. The first kappa shape index (κ1) is 20.9. The maximum atomic E-state index is 12.7. The van der Waals surface area contributed by atoms with Gasteiger partial charge >= 0.3 is 6.03 Å². The molecule has 1 aliphatic rings. The van der Waals surface area contributed by atoms with Crippen LogP contribution in [0, 0.1) is 13.8 Å². The molecule has 1 aliphatic heterocycles. The first-order valence-corrected chi connectivity index (χ1v) is 9.78. The van der Waals surface area contributed by atoms with Gasteiger partial charge in [0, 0.05) is 5.69 Å². The number of rotatable bonds is 9. The highest BCUT2D eigenvalue weighted by molar-refractivity contribution is 6.10. The maximum absolute atomic E-state index is 12.7. The van der Waals surface area contributed by atoms with E-state index in [1.165, 1.54) is 6.42 Å². The zero-order valence-corrected chi connectivity index (χ0v) is 16.9. The lowest BCUT2D eigenvalue weighted by molar-refractivity contribution is -0.133. The molecule has 1 saturated heterocycles. The zero-order chi connectivity index (χ0) is 20.0. The number of unbranched alkanes of at least 4 members (excludes halogenated alkanes) is 4. The van der Waals surface area contributed by atoms with E-state index in [2.05, 4.69) is 17.6 Å². The van der Waals surface area contributed by atoms with Crippen molar-refractivity contribution >= 4 is 23.5 Å². The van der Waals surface area contributed by atoms with Gasteiger partial charge in [0.2, 0.25) is 5.91 Å². The second-order valence-electron chi connectivity index (χ2n) is 7.63. The highest BCUT2D eigenvalue weighted by Crippen LogP contribution is 2.25. The number of amides is 4. The van der Waals surface area contributed by atoms with Crippen LogP contribution >= 0.6 is 0 Å². The Bertz CT molecular complexity index is 696. The molecule has 6 heteroatoms. The number of anilines is 1. The Labute approximate surface area is 161 Å². The van der Waals surface area contributed by atoms with Gasteiger partial charge < -0.3 is 10.6 Å². The van der Waals surface area contributed by atoms with Crippen molar-refractivity contribution in [3.05, 3.63) is 29.3 Å². The van der Waals surface area contributed by atoms with Crippen molar-refractivity contribution in [2.45, 2.75) is 71.8 Å². The molecule has 0 saturated carbocycles. The van der Waals surface area contributed by atoms with E-state index in [1.807, 2.05) is 32.0 Å². The standard InChI is InChI=1S/C21H31N3O3/c1-5-6-7-8-9-13-21(4)19(26)24(20(27)23-21)14-17(25)22-18-15(2)11-10-12-16(18)3/h10-12H,5-9,13-14H2,1-4H3,(H,22,25)(H,23,27). The fourth-order valence-electron chi connectivity index (χ4n) is 3.48. The molecule has 0 aliphatic carbocycles. The van der Waals surface area contributed by atoms with Crippen LogP contribution < -0.4 is 10.6 Å². The topological polar surface area (TPSA) is 78.5 Å². The summed E-state index contributed by atoms with van der Waals surface area (Å²) in [6.07, 6.45) is 6.00. The molecule has 148 valence electrons. The van der Waals surface area contributed by atoms with Gasteiger partial charge in [-0.2, -0.15) is 0 Å². The normalized spacial score (nSPS) is 19.3. The third-order valence-electron chi connectivity index (χ3n) is 5.17. The SMILES string of the molecule is CCCCCCCC1(C)NC(=O)N(CC(=O)Nc2c(C)cccc2C)C1=O. The van der Waals surface area contributed by atoms with E-state index < -0.39 is 11.6 Å². The Morgan fingerprint density at radius 3 is 2.37 bits per heavy atom. The van der Waals surface area contributed by atoms with E-state index in [-0.39, 0.29) is 18.4 Å². The van der Waals surface area contributed by atoms with E-state index in [4.69, 9.17) is 0 Å². The van der Waals surface area contributed by atoms with E-state index in [9.17, 15) is 14.4 Å². The lowest BCUT2D eigenvalue weighted by Crippen LogP contribution is -2.44. The molecule has 4 amide bonds. The number of hydrogen-bond donors (Lipinski definition) is 2. The number of nitrogens with zero attached hydrogens (tertiary/aromatic N) is 1. The lowest BCUT2D eigenvalue weighted by Gasteiger charge is -2.21. The number of carbonyl (C=O) groups is 3. The molecule has 0 spiro atoms. The Hall–Kier alpha value is -2.37. The van der Waals surface area contributed by atoms with Crippen molar-refractivity contribution in [3.8, 4) is 0 Å². The number of imide groups is 1. The summed E-state index contributed by atoms with van der Waals surface area (Å²) in [6.45, 7) is 7.45. The Kier molecular flexibility index (Phi) is 6.99. The fourth-order valence-corrected chi connectivity index (χ4v) is 3.48. The largest absolute Gasteiger partial charge is 0.325 e. The van der Waals surface area contributed by atoms with Crippen LogP contribution in [0.1, 0.15) is 63.5 Å². The molecule has 1 unspecified atom stereocenters. The van der Waals surface area contributed by atoms with Crippen LogP contribution in [0.5, 0.6) is 0 Å². The summed E-state index contributed by atoms with van der Waals surface area (Å²) in [6, 6.07) is 5.24. The van der Waals surface area contributed by atoms with Gasteiger partial charge in [-0.05, 0) is 38.3 Å². The number of para-hydroxylation sites is 1. The molecule has 0 aromatic heterocycles. The minimum absolute atomic E-state index is 0.274. The molecule has 0 radical (unpaired) electrons. The van der Waals surface area contributed by atoms with Gasteiger partial charge in [-0.25, -0.2) is 4.79 Å². The van der Waals surface area contributed by atoms with Crippen LogP contribution in [0.4, 0.5) is 10.5 Å². The number of nitrogens with one attached hydrogen (secondary N) is 2. The predicted octanol–water partition coefficient (Wildman–Crippen LogP) is 3.91. The average Bonchev–Trinajstić information content (AvgIpc) is 2.81. The Morgan fingerprint density at radius 1 is 1.11 bits per heavy atom. The smallest absolute Gasteiger partial charge is 0.324 e. The minimum Gasteiger partial charge on any atom is -0.324 e. The number of benzene rings is 1. The fraction of sp³-hybridized carbons (Fsp3) is 0.571. The van der Waals surface area contributed by atoms with Crippen molar-refractivity contribution in [2.24, 2.45) is 0 Å². The van der Waals surface area contributed by atoms with Crippen molar-refractivity contribution in [1.29, 1.82) is 0 Å². The molecule has 2 rings (SSSR count). The molecule has 1 aromatic rings. The van der Waals surface area contributed by atoms with E-state index in [0.717, 1.165) is 47.4 Å². The van der Waals surface area contributed by atoms with Gasteiger partial charge in [-0.3, -0.25) is 14.5 Å². The first-order valence-electron chi connectivity index (χ1n) is 9.78. The number of aryl methyl sites for hydroxylation is 2. The van der Waals surface area contributed by atoms with E-state index >= 15 is 0 Å². The second kappa shape index (κ2) is 9.02. The quantitative estimate of drug-likeness (QED) is 0.509. The molecule has 1 atom stereocenters. The second-order valence-corrected chi connectivity index (χ2v) is 7.63. The van der Waals surface area contributed by atoms with Gasteiger partial charge in [-0.15, -0.1) is 0 Å². The van der Waals surface area contributed by atoms with Gasteiger partial charge in [0.05, 0.1) is 0 Å². The van der Waals surface area contributed by atoms with Gasteiger partial charge in [-0.1, -0.05) is 57.2 Å². The predicted molar refractivity (Wildman–Crippen MR) is 107 cm³/mol. The van der Waals surface area contributed by atoms with Crippen LogP contribution in [0.15, 0.2) is 18.2 Å². The summed E-state index contributed by atoms with van der Waals surface area (Å²) in [4.78, 5) is 38.5. The summed E-state index contributed by atoms with van der Waals surface area (Å²) in [5.74, 6) is -0.692. The zero-order valence-electron chi connectivity index (χ0n) is 16.9. The van der Waals surface area contributed by atoms with Gasteiger partial charge in [0.25, 0.3) is 5.91 Å². The first-order chi connectivity index (χ1) is 12.8. The highest BCUT2D eigenvalue weighted by Gasteiger charge is 2.47. The van der Waals surface area contributed by atoms with Crippen LogP contribution in [0.2, 0.25) is 0 Å². The van der Waals surface area contributed by atoms with E-state index in [1.54, 1.807) is 6.92 Å². The number of urea groups is 1. The average molecular weight is 373 g/mol. The van der Waals surface area contributed by atoms with Crippen molar-refractivity contribution in [1.82, 2.24) is 10.2 Å². The van der Waals surface area contributed by atoms with Crippen molar-refractivity contribution < 1.29 is 14.4 Å². The minimum atomic E-state index is -0.915. The summed E-state index contributed by atoms with van der Waals surface area (Å²) >= 11 is 0. The molecular formula is C21H31N3O3. The lowest BCUT2D eigenvalue weighted by atomic mass is 9.94. The molecule has 1 aromatic carbocycles. The third-order valence-corrected chi connectivity index (χ3v) is 5.17. The van der Waals surface area contributed by atoms with Crippen LogP contribution in [-0.4, -0.2) is 34.8 Å². The van der Waals surface area contributed by atoms with Crippen molar-refractivity contribution in [2.75, 3.05) is 11.9 Å². The summed E-state index contributed by atoms with van der Waals surface area (Å²) in [5.41, 5.74) is 1.70.